The van der Waals surface area contributed by atoms with Crippen LogP contribution in [-0.4, -0.2) is 12.5 Å². The molecule has 2 rings (SSSR count). The van der Waals surface area contributed by atoms with E-state index in [9.17, 15) is 4.79 Å². The molecule has 1 amide bonds. The van der Waals surface area contributed by atoms with Crippen LogP contribution in [0, 0.1) is 13.8 Å². The van der Waals surface area contributed by atoms with E-state index in [4.69, 9.17) is 0 Å². The quantitative estimate of drug-likeness (QED) is 0.880. The highest BCUT2D eigenvalue weighted by atomic mass is 16.1. The Balaban J connectivity index is 1.87. The minimum atomic E-state index is -0.00803. The highest BCUT2D eigenvalue weighted by Crippen LogP contribution is 2.16. The summed E-state index contributed by atoms with van der Waals surface area (Å²) in [4.78, 5) is 12.0. The Labute approximate surface area is 126 Å². The molecule has 0 fully saturated rings. The van der Waals surface area contributed by atoms with Crippen molar-refractivity contribution in [2.45, 2.75) is 26.8 Å². The molecule has 0 unspecified atom stereocenters. The van der Waals surface area contributed by atoms with E-state index < -0.39 is 0 Å². The van der Waals surface area contributed by atoms with Crippen LogP contribution < -0.4 is 10.6 Å². The van der Waals surface area contributed by atoms with Gasteiger partial charge >= 0.3 is 0 Å². The predicted octanol–water partition coefficient (Wildman–Crippen LogP) is 3.59. The fourth-order valence-corrected chi connectivity index (χ4v) is 2.31. The van der Waals surface area contributed by atoms with Gasteiger partial charge in [-0.05, 0) is 38.0 Å². The molecule has 110 valence electrons. The lowest BCUT2D eigenvalue weighted by Crippen LogP contribution is -2.32. The van der Waals surface area contributed by atoms with Gasteiger partial charge in [-0.15, -0.1) is 0 Å². The molecule has 21 heavy (non-hydrogen) atoms. The SMILES string of the molecule is Cc1ccc(NCC(=O)N[C@@H](C)c2ccccc2)c(C)c1. The van der Waals surface area contributed by atoms with E-state index in [1.165, 1.54) is 5.56 Å². The molecule has 0 radical (unpaired) electrons. The summed E-state index contributed by atoms with van der Waals surface area (Å²) >= 11 is 0. The second-order valence-electron chi connectivity index (χ2n) is 5.37. The molecule has 0 aliphatic heterocycles. The lowest BCUT2D eigenvalue weighted by atomic mass is 10.1. The monoisotopic (exact) mass is 282 g/mol. The molecule has 3 nitrogen and oxygen atoms in total. The number of anilines is 1. The Hall–Kier alpha value is -2.29. The van der Waals surface area contributed by atoms with Crippen LogP contribution in [0.5, 0.6) is 0 Å². The van der Waals surface area contributed by atoms with Gasteiger partial charge in [0.15, 0.2) is 0 Å². The number of amides is 1. The van der Waals surface area contributed by atoms with Crippen LogP contribution in [0.2, 0.25) is 0 Å². The van der Waals surface area contributed by atoms with E-state index in [1.807, 2.05) is 56.3 Å². The lowest BCUT2D eigenvalue weighted by Gasteiger charge is -2.15. The third-order valence-electron chi connectivity index (χ3n) is 3.50. The Bertz CT molecular complexity index is 608. The molecule has 0 saturated heterocycles. The largest absolute Gasteiger partial charge is 0.376 e. The smallest absolute Gasteiger partial charge is 0.239 e. The van der Waals surface area contributed by atoms with Crippen molar-refractivity contribution in [2.75, 3.05) is 11.9 Å². The van der Waals surface area contributed by atoms with Gasteiger partial charge < -0.3 is 10.6 Å². The van der Waals surface area contributed by atoms with Crippen molar-refractivity contribution in [3.05, 3.63) is 65.2 Å². The maximum Gasteiger partial charge on any atom is 0.239 e. The molecule has 1 atom stereocenters. The molecule has 0 aliphatic carbocycles. The Morgan fingerprint density at radius 1 is 1.10 bits per heavy atom. The molecule has 0 heterocycles. The second-order valence-corrected chi connectivity index (χ2v) is 5.37. The standard InChI is InChI=1S/C18H22N2O/c1-13-9-10-17(14(2)11-13)19-12-18(21)20-15(3)16-7-5-4-6-8-16/h4-11,15,19H,12H2,1-3H3,(H,20,21)/t15-/m0/s1. The van der Waals surface area contributed by atoms with Gasteiger partial charge in [0.05, 0.1) is 12.6 Å². The third kappa shape index (κ3) is 4.35. The molecule has 0 saturated carbocycles. The highest BCUT2D eigenvalue weighted by Gasteiger charge is 2.09. The number of hydrogen-bond acceptors (Lipinski definition) is 2. The zero-order valence-corrected chi connectivity index (χ0v) is 12.8. The molecule has 0 aliphatic rings. The zero-order chi connectivity index (χ0) is 15.2. The second kappa shape index (κ2) is 6.93. The average molecular weight is 282 g/mol. The number of rotatable bonds is 5. The summed E-state index contributed by atoms with van der Waals surface area (Å²) in [6, 6.07) is 16.1. The molecule has 0 aromatic heterocycles. The van der Waals surface area contributed by atoms with Crippen LogP contribution in [0.15, 0.2) is 48.5 Å². The first-order chi connectivity index (χ1) is 10.1. The topological polar surface area (TPSA) is 41.1 Å². The number of benzene rings is 2. The normalized spacial score (nSPS) is 11.8. The van der Waals surface area contributed by atoms with Crippen LogP contribution in [0.3, 0.4) is 0 Å². The molecule has 2 aromatic carbocycles. The van der Waals surface area contributed by atoms with E-state index in [-0.39, 0.29) is 18.5 Å². The predicted molar refractivity (Wildman–Crippen MR) is 87.4 cm³/mol. The number of nitrogens with one attached hydrogen (secondary N) is 2. The van der Waals surface area contributed by atoms with Gasteiger partial charge in [0.2, 0.25) is 5.91 Å². The Morgan fingerprint density at radius 3 is 2.48 bits per heavy atom. The van der Waals surface area contributed by atoms with Crippen molar-refractivity contribution in [3.63, 3.8) is 0 Å². The number of hydrogen-bond donors (Lipinski definition) is 2. The van der Waals surface area contributed by atoms with Crippen molar-refractivity contribution in [3.8, 4) is 0 Å². The summed E-state index contributed by atoms with van der Waals surface area (Å²) in [6.07, 6.45) is 0. The van der Waals surface area contributed by atoms with Crippen LogP contribution in [0.4, 0.5) is 5.69 Å². The van der Waals surface area contributed by atoms with Gasteiger partial charge in [-0.2, -0.15) is 0 Å². The fourth-order valence-electron chi connectivity index (χ4n) is 2.31. The summed E-state index contributed by atoms with van der Waals surface area (Å²) in [6.45, 7) is 6.37. The Kier molecular flexibility index (Phi) is 4.99. The molecule has 2 aromatic rings. The third-order valence-corrected chi connectivity index (χ3v) is 3.50. The van der Waals surface area contributed by atoms with Gasteiger partial charge in [-0.25, -0.2) is 0 Å². The molecule has 3 heteroatoms. The van der Waals surface area contributed by atoms with E-state index in [0.29, 0.717) is 0 Å². The van der Waals surface area contributed by atoms with Crippen LogP contribution in [0.1, 0.15) is 29.7 Å². The van der Waals surface area contributed by atoms with Gasteiger partial charge in [0.25, 0.3) is 0 Å². The van der Waals surface area contributed by atoms with Crippen LogP contribution in [-0.2, 0) is 4.79 Å². The summed E-state index contributed by atoms with van der Waals surface area (Å²) in [5.74, 6) is -0.00803. The van der Waals surface area contributed by atoms with Crippen molar-refractivity contribution < 1.29 is 4.79 Å². The molecular formula is C18H22N2O. The fraction of sp³-hybridized carbons (Fsp3) is 0.278. The lowest BCUT2D eigenvalue weighted by molar-refractivity contribution is -0.120. The zero-order valence-electron chi connectivity index (χ0n) is 12.8. The van der Waals surface area contributed by atoms with Crippen molar-refractivity contribution >= 4 is 11.6 Å². The first-order valence-electron chi connectivity index (χ1n) is 7.21. The summed E-state index contributed by atoms with van der Waals surface area (Å²) < 4.78 is 0. The molecule has 2 N–H and O–H groups in total. The average Bonchev–Trinajstić information content (AvgIpc) is 2.47. The minimum Gasteiger partial charge on any atom is -0.376 e. The molecule has 0 spiro atoms. The molecule has 0 bridgehead atoms. The molecular weight excluding hydrogens is 260 g/mol. The maximum atomic E-state index is 12.0. The number of carbonyl (C=O) groups is 1. The van der Waals surface area contributed by atoms with E-state index in [2.05, 4.69) is 23.6 Å². The van der Waals surface area contributed by atoms with Gasteiger partial charge in [-0.3, -0.25) is 4.79 Å². The van der Waals surface area contributed by atoms with Crippen LogP contribution >= 0.6 is 0 Å². The Morgan fingerprint density at radius 2 is 1.81 bits per heavy atom. The van der Waals surface area contributed by atoms with E-state index in [1.54, 1.807) is 0 Å². The van der Waals surface area contributed by atoms with Gasteiger partial charge in [0.1, 0.15) is 0 Å². The highest BCUT2D eigenvalue weighted by molar-refractivity contribution is 5.81. The van der Waals surface area contributed by atoms with E-state index >= 15 is 0 Å². The number of carbonyl (C=O) groups excluding carboxylic acids is 1. The van der Waals surface area contributed by atoms with Crippen molar-refractivity contribution in [1.82, 2.24) is 5.32 Å². The van der Waals surface area contributed by atoms with Gasteiger partial charge in [-0.1, -0.05) is 48.0 Å². The summed E-state index contributed by atoms with van der Waals surface area (Å²) in [5, 5.41) is 6.18. The first-order valence-corrected chi connectivity index (χ1v) is 7.21. The summed E-state index contributed by atoms with van der Waals surface area (Å²) in [5.41, 5.74) is 4.49. The first kappa shape index (κ1) is 15.1. The van der Waals surface area contributed by atoms with Crippen molar-refractivity contribution in [1.29, 1.82) is 0 Å². The van der Waals surface area contributed by atoms with Crippen molar-refractivity contribution in [2.24, 2.45) is 0 Å². The maximum absolute atomic E-state index is 12.0. The van der Waals surface area contributed by atoms with E-state index in [0.717, 1.165) is 16.8 Å². The van der Waals surface area contributed by atoms with Crippen LogP contribution in [0.25, 0.3) is 0 Å². The van der Waals surface area contributed by atoms with Gasteiger partial charge in [0, 0.05) is 5.69 Å². The number of aryl methyl sites for hydroxylation is 2. The summed E-state index contributed by atoms with van der Waals surface area (Å²) in [7, 11) is 0. The minimum absolute atomic E-state index is 0.00803.